The van der Waals surface area contributed by atoms with E-state index >= 15 is 0 Å². The SMILES string of the molecule is Cc1cc2[nH]cc(Cl)c2cn1.Cc1cc2cc(Cl)ccc2[nH]1.Cc1cc2cc(Cl)cnc2[nH]1.Cc1cc2ccc(Cl)cc2s1.Cc1cc2ccc(Cl)nc2s1.Cc1cc2ncc(Cl)nc2s1.Cc1ccc2c(C)c[nH]c2c1.Cc1ccc2c(Cl)c[nH]c2c1.Cc1ccc2c(Cl)c[nH]c2n1.Cc1ccc2c(c1)CON=C2N.Cc1ccc2nc(Cl)ccc2c1.Cc1cnc2cc(Cl)ccc2c1.Cc1sc(Cl)cc1Cl. The van der Waals surface area contributed by atoms with Gasteiger partial charge in [-0.05, 0) is 282 Å². The molecule has 0 bridgehead atoms. The van der Waals surface area contributed by atoms with Crippen LogP contribution in [0.1, 0.15) is 86.8 Å². The van der Waals surface area contributed by atoms with Gasteiger partial charge in [0.25, 0.3) is 0 Å². The van der Waals surface area contributed by atoms with E-state index in [2.05, 4.69) is 189 Å². The number of nitrogens with zero attached hydrogens (tertiary/aromatic N) is 9. The van der Waals surface area contributed by atoms with Crippen LogP contribution in [0.15, 0.2) is 273 Å². The zero-order valence-electron chi connectivity index (χ0n) is 79.8. The zero-order chi connectivity index (χ0) is 102. The molecule has 0 fully saturated rings. The Morgan fingerprint density at radius 3 is 1.60 bits per heavy atom. The molecule has 0 spiro atoms. The van der Waals surface area contributed by atoms with Crippen LogP contribution < -0.4 is 5.73 Å². The van der Waals surface area contributed by atoms with Crippen LogP contribution in [0.5, 0.6) is 0 Å². The number of aromatic nitrogens is 14. The summed E-state index contributed by atoms with van der Waals surface area (Å²) in [7, 11) is 0. The Kier molecular flexibility index (Phi) is 39.1. The topological polar surface area (TPSA) is 245 Å². The van der Waals surface area contributed by atoms with Crippen LogP contribution in [0.3, 0.4) is 0 Å². The molecule has 18 heterocycles. The number of amidine groups is 1. The Bertz CT molecular complexity index is 7550. The second kappa shape index (κ2) is 51.4. The molecule has 17 aromatic heterocycles. The predicted octanol–water partition coefficient (Wildman–Crippen LogP) is 37.3. The number of benzene rings is 7. The molecule has 0 amide bonds. The number of nitrogens with one attached hydrogen (secondary N) is 6. The molecular weight excluding hydrogens is 2120 g/mol. The van der Waals surface area contributed by atoms with E-state index in [0.717, 1.165) is 159 Å². The summed E-state index contributed by atoms with van der Waals surface area (Å²) in [5.74, 6) is 0.469. The van der Waals surface area contributed by atoms with Crippen molar-refractivity contribution in [2.75, 3.05) is 0 Å². The number of thiophene rings is 4. The molecule has 33 heteroatoms. The van der Waals surface area contributed by atoms with Crippen molar-refractivity contribution in [3.63, 3.8) is 0 Å². The lowest BCUT2D eigenvalue weighted by molar-refractivity contribution is 0.125. The second-order valence-corrected chi connectivity index (χ2v) is 43.3. The number of aryl methyl sites for hydroxylation is 14. The van der Waals surface area contributed by atoms with Gasteiger partial charge >= 0.3 is 0 Å². The highest BCUT2D eigenvalue weighted by atomic mass is 35.5. The predicted molar refractivity (Wildman–Crippen MR) is 618 cm³/mol. The lowest BCUT2D eigenvalue weighted by Crippen LogP contribution is -2.19. The van der Waals surface area contributed by atoms with Crippen LogP contribution in [0.2, 0.25) is 60.0 Å². The number of rotatable bonds is 0. The Morgan fingerprint density at radius 2 is 0.867 bits per heavy atom. The third kappa shape index (κ3) is 31.8. The number of halogens is 12. The summed E-state index contributed by atoms with van der Waals surface area (Å²) in [5.41, 5.74) is 28.6. The maximum Gasteiger partial charge on any atom is 0.170 e. The first-order valence-corrected chi connectivity index (χ1v) is 52.1. The molecule has 143 heavy (non-hydrogen) atoms. The number of aromatic amines is 6. The first kappa shape index (κ1) is 109. The van der Waals surface area contributed by atoms with Crippen molar-refractivity contribution in [2.45, 2.75) is 104 Å². The van der Waals surface area contributed by atoms with E-state index in [1.807, 2.05) is 214 Å². The summed E-state index contributed by atoms with van der Waals surface area (Å²) in [6, 6.07) is 72.0. The minimum atomic E-state index is 0.458. The van der Waals surface area contributed by atoms with E-state index in [-0.39, 0.29) is 0 Å². The van der Waals surface area contributed by atoms with E-state index < -0.39 is 0 Å². The van der Waals surface area contributed by atoms with Crippen LogP contribution in [0.4, 0.5) is 0 Å². The number of hydrogen-bond donors (Lipinski definition) is 7. The minimum absolute atomic E-state index is 0.458. The van der Waals surface area contributed by atoms with Crippen molar-refractivity contribution in [3.8, 4) is 0 Å². The summed E-state index contributed by atoms with van der Waals surface area (Å²) < 4.78 is 2.03. The molecule has 24 aromatic rings. The second-order valence-electron chi connectivity index (χ2n) is 33.1. The van der Waals surface area contributed by atoms with Crippen molar-refractivity contribution < 1.29 is 4.84 Å². The molecule has 0 saturated carbocycles. The molecule has 0 aliphatic carbocycles. The average molecular weight is 2210 g/mol. The van der Waals surface area contributed by atoms with Gasteiger partial charge in [-0.2, -0.15) is 0 Å². The van der Waals surface area contributed by atoms with Gasteiger partial charge in [0.2, 0.25) is 0 Å². The number of pyridine rings is 6. The summed E-state index contributed by atoms with van der Waals surface area (Å²) >= 11 is 75.8. The van der Waals surface area contributed by atoms with Crippen LogP contribution in [-0.2, 0) is 11.4 Å². The van der Waals surface area contributed by atoms with Crippen molar-refractivity contribution in [2.24, 2.45) is 10.9 Å². The highest BCUT2D eigenvalue weighted by molar-refractivity contribution is 7.19. The van der Waals surface area contributed by atoms with Crippen molar-refractivity contribution in [1.82, 2.24) is 69.8 Å². The fourth-order valence-electron chi connectivity index (χ4n) is 14.4. The van der Waals surface area contributed by atoms with Crippen LogP contribution in [0, 0.1) is 96.9 Å². The maximum atomic E-state index is 5.89. The number of fused-ring (bicyclic) bond motifs is 12. The Hall–Kier alpha value is -11.4. The molecule has 1 aliphatic rings. The Balaban J connectivity index is 0.000000130. The van der Waals surface area contributed by atoms with Crippen molar-refractivity contribution in [1.29, 1.82) is 0 Å². The smallest absolute Gasteiger partial charge is 0.170 e. The molecule has 17 nitrogen and oxygen atoms in total. The number of oxime groups is 1. The Morgan fingerprint density at radius 1 is 0.315 bits per heavy atom. The standard InChI is InChI=1S/2C10H8ClN.C10H11N.2C9H8ClN.C9H7ClS.C9H10N2O.3C8H7ClN2.C8H6ClNS.C7H5ClN2S.C5H4Cl2S/c1-7-2-4-9-8(6-7)3-5-10(11)12-9;1-7-4-8-2-3-9(11)5-10(8)12-6-7;1-7-3-4-9-8(2)6-11-10(9)5-7;1-6-4-7-5-8(10)2-3-9(7)11-6;1-6-2-3-7-8(10)5-11-9(7)4-6;1-6-4-7-2-3-8(10)5-9(7)11-6;1-6-2-3-8-7(4-6)5-12-11-9(8)10;1-5-2-8-6(3-10-5)7(9)4-11-8;1-5-2-6-3-7(9)4-10-8(6)11-5;1-5-2-3-6-7(9)4-10-8(6)11-5;1-5-4-6-2-3-7(9)10-8(6)11-5;1-4-2-5-7(11-4)10-6(8)3-9-5;1-3-4(6)2-5(7)8-3/h2*2-6H,1H3;3-6,11H,1-2H3;2*2-5,11H,1H3;2-5H,1H3;2-4H,5H2,1H3,(H2,10,11);2-4,11H,1H3;2*2-4H,1H3,(H,10,11);2-4H,1H3;2-3H,1H3;2H,1H3. The summed E-state index contributed by atoms with van der Waals surface area (Å²) in [6.07, 6.45) is 14.2. The molecule has 0 atom stereocenters. The Labute approximate surface area is 903 Å². The van der Waals surface area contributed by atoms with Gasteiger partial charge in [-0.25, -0.2) is 24.9 Å². The fourth-order valence-corrected chi connectivity index (χ4v) is 20.4. The van der Waals surface area contributed by atoms with E-state index in [1.54, 1.807) is 71.1 Å². The summed E-state index contributed by atoms with van der Waals surface area (Å²) in [5, 5.41) is 22.7. The third-order valence-corrected chi connectivity index (χ3v) is 28.2. The maximum absolute atomic E-state index is 5.89. The molecule has 7 aromatic carbocycles. The van der Waals surface area contributed by atoms with Gasteiger partial charge in [0.1, 0.15) is 48.5 Å². The lowest BCUT2D eigenvalue weighted by Gasteiger charge is -2.13. The van der Waals surface area contributed by atoms with Crippen molar-refractivity contribution >= 4 is 309 Å². The number of H-pyrrole nitrogens is 6. The highest BCUT2D eigenvalue weighted by Crippen LogP contribution is 2.34. The van der Waals surface area contributed by atoms with Gasteiger partial charge in [0.15, 0.2) is 5.84 Å². The summed E-state index contributed by atoms with van der Waals surface area (Å²) in [6.45, 7) is 29.0. The highest BCUT2D eigenvalue weighted by Gasteiger charge is 2.14. The fraction of sp³-hybridized carbons (Fsp3) is 0.136. The molecule has 1 aliphatic heterocycles. The van der Waals surface area contributed by atoms with Crippen molar-refractivity contribution in [3.05, 3.63) is 415 Å². The number of hydrogen-bond acceptors (Lipinski definition) is 15. The third-order valence-electron chi connectivity index (χ3n) is 21.2. The molecule has 0 saturated heterocycles. The molecule has 8 N–H and O–H groups in total. The largest absolute Gasteiger partial charge is 0.389 e. The molecule has 25 rings (SSSR count). The summed E-state index contributed by atoms with van der Waals surface area (Å²) in [4.78, 5) is 63.8. The zero-order valence-corrected chi connectivity index (χ0v) is 92.1. The van der Waals surface area contributed by atoms with Crippen LogP contribution in [-0.4, -0.2) is 75.6 Å². The quantitative estimate of drug-likeness (QED) is 0.0708. The van der Waals surface area contributed by atoms with Crippen LogP contribution in [0.25, 0.3) is 118 Å². The van der Waals surface area contributed by atoms with Gasteiger partial charge in [-0.3, -0.25) is 15.0 Å². The van der Waals surface area contributed by atoms with E-state index in [4.69, 9.17) is 150 Å². The van der Waals surface area contributed by atoms with Crippen LogP contribution >= 0.6 is 185 Å². The van der Waals surface area contributed by atoms with Gasteiger partial charge in [0, 0.05) is 182 Å². The van der Waals surface area contributed by atoms with Gasteiger partial charge in [0.05, 0.1) is 52.2 Å². The van der Waals surface area contributed by atoms with Gasteiger partial charge in [-0.1, -0.05) is 216 Å². The van der Waals surface area contributed by atoms with E-state index in [1.165, 1.54) is 96.8 Å². The first-order chi connectivity index (χ1) is 68.3. The minimum Gasteiger partial charge on any atom is -0.389 e. The average Bonchev–Trinajstić information content (AvgIpc) is 1.67. The number of nitrogens with two attached hydrogens (primary N) is 1. The molecule has 0 radical (unpaired) electrons. The first-order valence-electron chi connectivity index (χ1n) is 44.3. The molecule has 730 valence electrons. The van der Waals surface area contributed by atoms with Gasteiger partial charge < -0.3 is 40.5 Å². The van der Waals surface area contributed by atoms with Gasteiger partial charge in [-0.15, -0.1) is 45.3 Å². The monoisotopic (exact) mass is 2200 g/mol. The molecule has 0 unspecified atom stereocenters. The molecular formula is C110H96Cl12N16OS4. The van der Waals surface area contributed by atoms with E-state index in [9.17, 15) is 0 Å². The van der Waals surface area contributed by atoms with E-state index in [0.29, 0.717) is 32.9 Å². The normalized spacial score (nSPS) is 11.0. The lowest BCUT2D eigenvalue weighted by atomic mass is 10.0.